The van der Waals surface area contributed by atoms with E-state index >= 15 is 0 Å². The van der Waals surface area contributed by atoms with Gasteiger partial charge in [0.2, 0.25) is 0 Å². The number of rotatable bonds is 10. The van der Waals surface area contributed by atoms with Gasteiger partial charge in [0.15, 0.2) is 0 Å². The van der Waals surface area contributed by atoms with Gasteiger partial charge in [0, 0.05) is 39.7 Å². The van der Waals surface area contributed by atoms with Crippen molar-refractivity contribution in [3.05, 3.63) is 42.0 Å². The van der Waals surface area contributed by atoms with E-state index in [2.05, 4.69) is 55.7 Å². The number of anilines is 2. The van der Waals surface area contributed by atoms with Gasteiger partial charge in [0.05, 0.1) is 36.0 Å². The molecule has 0 aliphatic heterocycles. The van der Waals surface area contributed by atoms with Gasteiger partial charge >= 0.3 is 0 Å². The summed E-state index contributed by atoms with van der Waals surface area (Å²) in [4.78, 5) is 9.95. The van der Waals surface area contributed by atoms with Crippen LogP contribution in [0.1, 0.15) is 59.9 Å². The van der Waals surface area contributed by atoms with Crippen LogP contribution in [-0.2, 0) is 26.5 Å². The van der Waals surface area contributed by atoms with E-state index in [1.165, 1.54) is 25.9 Å². The molecular weight excluding hydrogens is 660 g/mol. The van der Waals surface area contributed by atoms with Crippen molar-refractivity contribution in [3.8, 4) is 0 Å². The number of nitrogens with one attached hydrogen (secondary N) is 3. The van der Waals surface area contributed by atoms with Crippen molar-refractivity contribution in [2.24, 2.45) is 5.18 Å². The summed E-state index contributed by atoms with van der Waals surface area (Å²) in [6, 6.07) is 1.89. The molecule has 0 aliphatic carbocycles. The molecule has 33 heavy (non-hydrogen) atoms. The van der Waals surface area contributed by atoms with Gasteiger partial charge in [-0.25, -0.2) is 0 Å². The van der Waals surface area contributed by atoms with E-state index in [4.69, 9.17) is 48.9 Å². The quantitative estimate of drug-likeness (QED) is 0.101. The molecule has 2 rings (SSSR count). The molecule has 0 aliphatic rings. The van der Waals surface area contributed by atoms with Gasteiger partial charge in [0.1, 0.15) is 0 Å². The first-order valence-corrected chi connectivity index (χ1v) is 12.3. The van der Waals surface area contributed by atoms with E-state index in [0.29, 0.717) is 11.1 Å². The molecular formula is C23H39N4OS4W-. The average Bonchev–Trinajstić information content (AvgIpc) is 2.73. The van der Waals surface area contributed by atoms with Crippen molar-refractivity contribution < 1.29 is 21.1 Å². The first-order chi connectivity index (χ1) is 14.6. The van der Waals surface area contributed by atoms with Crippen molar-refractivity contribution in [1.82, 2.24) is 5.32 Å². The Labute approximate surface area is 235 Å². The minimum Gasteiger partial charge on any atom is -0.384 e. The summed E-state index contributed by atoms with van der Waals surface area (Å²) in [5.74, 6) is 0. The van der Waals surface area contributed by atoms with Gasteiger partial charge in [-0.3, -0.25) is 0 Å². The Balaban J connectivity index is -0.000000432. The van der Waals surface area contributed by atoms with E-state index in [0.717, 1.165) is 37.0 Å². The summed E-state index contributed by atoms with van der Waals surface area (Å²) in [5.41, 5.74) is 3.04. The Hall–Kier alpha value is -0.312. The zero-order valence-corrected chi connectivity index (χ0v) is 27.1. The molecule has 0 fully saturated rings. The zero-order chi connectivity index (χ0) is 24.0. The third-order valence-electron chi connectivity index (χ3n) is 4.13. The standard InChI is InChI=1S/C10H14N2OS2.C6H7NS2.C6H15N.CH3.W/c1-10(2,3)6-7(9(15)8(6)14)11-4-5-12-13;1-2-7-4-3-5(8)6(4)9;1-3-5-7-6-4-2;;/h11H,4-5H2,1-3H3;3,7H,2H2,1H3;7H,3-6H2,1-2H3;1H3;/q;;;-1;. The molecule has 5 nitrogen and oxygen atoms in total. The fraction of sp³-hybridized carbons (Fsp3) is 0.609. The van der Waals surface area contributed by atoms with Gasteiger partial charge < -0.3 is 23.4 Å². The van der Waals surface area contributed by atoms with Crippen molar-refractivity contribution in [1.29, 1.82) is 0 Å². The van der Waals surface area contributed by atoms with Crippen LogP contribution in [0.2, 0.25) is 0 Å². The van der Waals surface area contributed by atoms with Gasteiger partial charge in [0.25, 0.3) is 0 Å². The number of nitrogens with zero attached hydrogens (tertiary/aromatic N) is 1. The fourth-order valence-electron chi connectivity index (χ4n) is 2.62. The molecule has 10 heteroatoms. The summed E-state index contributed by atoms with van der Waals surface area (Å²) < 4.78 is 3.10. The fourth-order valence-corrected chi connectivity index (χ4v) is 3.82. The molecule has 3 N–H and O–H groups in total. The molecule has 0 atom stereocenters. The van der Waals surface area contributed by atoms with E-state index in [9.17, 15) is 4.91 Å². The minimum atomic E-state index is -0.00364. The van der Waals surface area contributed by atoms with Crippen LogP contribution in [0.5, 0.6) is 0 Å². The van der Waals surface area contributed by atoms with Crippen LogP contribution in [0.15, 0.2) is 11.2 Å². The first kappa shape index (κ1) is 37.2. The van der Waals surface area contributed by atoms with Gasteiger partial charge in [-0.1, -0.05) is 88.7 Å². The Bertz CT molecular complexity index is 936. The molecule has 0 amide bonds. The summed E-state index contributed by atoms with van der Waals surface area (Å²) in [6.45, 7) is 16.7. The van der Waals surface area contributed by atoms with Crippen LogP contribution in [0.4, 0.5) is 11.4 Å². The molecule has 0 spiro atoms. The van der Waals surface area contributed by atoms with Crippen LogP contribution in [-0.4, -0.2) is 32.7 Å². The summed E-state index contributed by atoms with van der Waals surface area (Å²) in [6.07, 6.45) is 2.50. The second-order valence-electron chi connectivity index (χ2n) is 7.97. The average molecular weight is 700 g/mol. The molecule has 0 heterocycles. The predicted octanol–water partition coefficient (Wildman–Crippen LogP) is 7.79. The molecule has 188 valence electrons. The second-order valence-corrected chi connectivity index (χ2v) is 9.63. The first-order valence-electron chi connectivity index (χ1n) is 10.7. The Morgan fingerprint density at radius 2 is 1.42 bits per heavy atom. The normalized spacial score (nSPS) is 10.0. The molecule has 2 aromatic carbocycles. The van der Waals surface area contributed by atoms with Crippen molar-refractivity contribution >= 4 is 60.2 Å². The van der Waals surface area contributed by atoms with Gasteiger partial charge in [-0.2, -0.15) is 4.91 Å². The molecule has 2 aromatic rings. The maximum absolute atomic E-state index is 9.95. The largest absolute Gasteiger partial charge is 0.384 e. The van der Waals surface area contributed by atoms with E-state index in [1.807, 2.05) is 13.0 Å². The van der Waals surface area contributed by atoms with Crippen molar-refractivity contribution in [3.63, 3.8) is 0 Å². The predicted molar refractivity (Wildman–Crippen MR) is 153 cm³/mol. The SMILES string of the molecule is CC(C)(C)c1c(NCCN=O)c(=S)c1=S.CCCNCCC.CCNc1cc(=S)c1=S.[CH3-].[W]. The van der Waals surface area contributed by atoms with E-state index in [1.54, 1.807) is 0 Å². The molecule has 0 saturated heterocycles. The maximum Gasteiger partial charge on any atom is 0.0983 e. The van der Waals surface area contributed by atoms with Crippen LogP contribution in [0.3, 0.4) is 0 Å². The van der Waals surface area contributed by atoms with Crippen molar-refractivity contribution in [2.45, 2.75) is 59.8 Å². The smallest absolute Gasteiger partial charge is 0.0983 e. The van der Waals surface area contributed by atoms with E-state index in [-0.39, 0.29) is 40.5 Å². The zero-order valence-electron chi connectivity index (χ0n) is 20.9. The van der Waals surface area contributed by atoms with E-state index < -0.39 is 0 Å². The van der Waals surface area contributed by atoms with Gasteiger partial charge in [-0.15, -0.1) is 0 Å². The molecule has 0 saturated carbocycles. The molecule has 0 bridgehead atoms. The van der Waals surface area contributed by atoms with Gasteiger partial charge in [-0.05, 0) is 44.3 Å². The van der Waals surface area contributed by atoms with Crippen molar-refractivity contribution in [2.75, 3.05) is 43.4 Å². The van der Waals surface area contributed by atoms with Crippen LogP contribution in [0.25, 0.3) is 0 Å². The van der Waals surface area contributed by atoms with Crippen LogP contribution >= 0.6 is 48.9 Å². The minimum absolute atomic E-state index is 0. The maximum atomic E-state index is 9.95. The third kappa shape index (κ3) is 13.4. The topological polar surface area (TPSA) is 65.5 Å². The summed E-state index contributed by atoms with van der Waals surface area (Å²) >= 11 is 20.1. The third-order valence-corrected chi connectivity index (χ3v) is 5.97. The number of hydrogen-bond acceptors (Lipinski definition) is 9. The Kier molecular flexibility index (Phi) is 22.5. The molecule has 0 radical (unpaired) electrons. The Morgan fingerprint density at radius 3 is 1.79 bits per heavy atom. The monoisotopic (exact) mass is 699 g/mol. The number of hydrogen-bond donors (Lipinski definition) is 3. The molecule has 0 unspecified atom stereocenters. The summed E-state index contributed by atoms with van der Waals surface area (Å²) in [5, 5.41) is 12.3. The van der Waals surface area contributed by atoms with Crippen LogP contribution < -0.4 is 16.0 Å². The molecule has 0 aromatic heterocycles. The second kappa shape index (κ2) is 19.9. The van der Waals surface area contributed by atoms with Crippen LogP contribution in [0, 0.1) is 30.4 Å². The number of nitroso groups, excluding NO2 is 1. The summed E-state index contributed by atoms with van der Waals surface area (Å²) in [7, 11) is 0. The Morgan fingerprint density at radius 1 is 0.879 bits per heavy atom.